The van der Waals surface area contributed by atoms with Crippen molar-refractivity contribution in [2.24, 2.45) is 0 Å². The molecule has 1 radical (unpaired) electrons. The van der Waals surface area contributed by atoms with E-state index in [0.29, 0.717) is 0 Å². The Morgan fingerprint density at radius 2 is 2.00 bits per heavy atom. The Morgan fingerprint density at radius 1 is 1.56 bits per heavy atom. The zero-order chi connectivity index (χ0) is 6.62. The van der Waals surface area contributed by atoms with Gasteiger partial charge in [-0.05, 0) is 0 Å². The molecular formula is C3H5ClNaO3S. The van der Waals surface area contributed by atoms with Crippen molar-refractivity contribution in [3.63, 3.8) is 0 Å². The van der Waals surface area contributed by atoms with Gasteiger partial charge in [0.05, 0.1) is 5.75 Å². The first-order valence-electron chi connectivity index (χ1n) is 1.76. The third-order valence-corrected chi connectivity index (χ3v) is 1.19. The Balaban J connectivity index is 0. The summed E-state index contributed by atoms with van der Waals surface area (Å²) >= 11 is 4.95. The van der Waals surface area contributed by atoms with Crippen molar-refractivity contribution in [1.29, 1.82) is 0 Å². The summed E-state index contributed by atoms with van der Waals surface area (Å²) in [6.07, 6.45) is 1.14. The van der Waals surface area contributed by atoms with Gasteiger partial charge in [-0.25, -0.2) is 0 Å². The summed E-state index contributed by atoms with van der Waals surface area (Å²) < 4.78 is 27.7. The number of hydrogen-bond acceptors (Lipinski definition) is 2. The summed E-state index contributed by atoms with van der Waals surface area (Å²) in [6.45, 7) is 0. The molecule has 0 bridgehead atoms. The van der Waals surface area contributed by atoms with Gasteiger partial charge in [0.1, 0.15) is 0 Å². The van der Waals surface area contributed by atoms with Gasteiger partial charge < -0.3 is 0 Å². The molecule has 6 heteroatoms. The van der Waals surface area contributed by atoms with Gasteiger partial charge in [0.15, 0.2) is 0 Å². The van der Waals surface area contributed by atoms with Crippen molar-refractivity contribution < 1.29 is 13.0 Å². The van der Waals surface area contributed by atoms with Crippen molar-refractivity contribution >= 4 is 51.3 Å². The Kier molecular flexibility index (Phi) is 7.99. The molecule has 0 aromatic carbocycles. The van der Waals surface area contributed by atoms with Crippen LogP contribution in [-0.2, 0) is 10.1 Å². The van der Waals surface area contributed by atoms with E-state index in [1.807, 2.05) is 0 Å². The molecule has 0 saturated heterocycles. The van der Waals surface area contributed by atoms with Crippen molar-refractivity contribution in [2.45, 2.75) is 0 Å². The topological polar surface area (TPSA) is 54.4 Å². The second kappa shape index (κ2) is 5.70. The first kappa shape index (κ1) is 12.6. The molecule has 0 saturated carbocycles. The van der Waals surface area contributed by atoms with Crippen molar-refractivity contribution in [3.8, 4) is 0 Å². The van der Waals surface area contributed by atoms with Gasteiger partial charge in [-0.3, -0.25) is 4.55 Å². The monoisotopic (exact) mass is 179 g/mol. The van der Waals surface area contributed by atoms with Gasteiger partial charge in [-0.15, -0.1) is 0 Å². The molecule has 0 atom stereocenters. The third kappa shape index (κ3) is 12.2. The van der Waals surface area contributed by atoms with Crippen LogP contribution in [0.3, 0.4) is 0 Å². The van der Waals surface area contributed by atoms with E-state index in [1.165, 1.54) is 0 Å². The van der Waals surface area contributed by atoms with Crippen molar-refractivity contribution in [2.75, 3.05) is 5.75 Å². The molecule has 49 valence electrons. The second-order valence-corrected chi connectivity index (χ2v) is 2.86. The standard InChI is InChI=1S/C3H5ClO3S.Na/c4-2-1-3-8(5,6)7;/h1-2H,3H2,(H,5,6,7);. The maximum atomic E-state index is 9.84. The normalized spacial score (nSPS) is 11.3. The molecule has 0 unspecified atom stereocenters. The van der Waals surface area contributed by atoms with Crippen LogP contribution in [0.5, 0.6) is 0 Å². The average Bonchev–Trinajstić information content (AvgIpc) is 1.59. The fourth-order valence-electron chi connectivity index (χ4n) is 0.158. The summed E-state index contributed by atoms with van der Waals surface area (Å²) in [5.74, 6) is -0.420. The number of rotatable bonds is 2. The molecule has 9 heavy (non-hydrogen) atoms. The fourth-order valence-corrected chi connectivity index (χ4v) is 0.692. The minimum atomic E-state index is -3.86. The molecule has 1 N–H and O–H groups in total. The molecule has 0 aromatic heterocycles. The summed E-state index contributed by atoms with van der Waals surface area (Å²) in [6, 6.07) is 0. The first-order chi connectivity index (χ1) is 3.56. The molecule has 0 spiro atoms. The first-order valence-corrected chi connectivity index (χ1v) is 3.81. The van der Waals surface area contributed by atoms with Crippen LogP contribution in [0.1, 0.15) is 0 Å². The van der Waals surface area contributed by atoms with E-state index < -0.39 is 15.9 Å². The van der Waals surface area contributed by atoms with E-state index in [4.69, 9.17) is 16.2 Å². The Hall–Kier alpha value is 0.940. The number of hydrogen-bond donors (Lipinski definition) is 1. The van der Waals surface area contributed by atoms with E-state index >= 15 is 0 Å². The van der Waals surface area contributed by atoms with Gasteiger partial charge in [-0.2, -0.15) is 8.42 Å². The van der Waals surface area contributed by atoms with Crippen LogP contribution in [0.2, 0.25) is 0 Å². The van der Waals surface area contributed by atoms with Gasteiger partial charge in [-0.1, -0.05) is 17.7 Å². The number of halogens is 1. The maximum absolute atomic E-state index is 9.84. The summed E-state index contributed by atoms with van der Waals surface area (Å²) in [5, 5.41) is 0. The molecule has 0 aliphatic heterocycles. The molecular weight excluding hydrogens is 175 g/mol. The van der Waals surface area contributed by atoms with Crippen LogP contribution < -0.4 is 0 Å². The molecule has 0 amide bonds. The SMILES string of the molecule is O=S(=O)(O)CC=CCl.[Na]. The largest absolute Gasteiger partial charge is 0.285 e. The smallest absolute Gasteiger partial charge is 0.268 e. The van der Waals surface area contributed by atoms with Gasteiger partial charge in [0.25, 0.3) is 10.1 Å². The molecule has 0 rings (SSSR count). The summed E-state index contributed by atoms with van der Waals surface area (Å²) in [5.41, 5.74) is 1.04. The molecule has 0 aliphatic rings. The van der Waals surface area contributed by atoms with Crippen LogP contribution in [0.4, 0.5) is 0 Å². The van der Waals surface area contributed by atoms with Crippen LogP contribution in [0, 0.1) is 0 Å². The molecule has 0 heterocycles. The molecule has 0 aliphatic carbocycles. The minimum Gasteiger partial charge on any atom is -0.285 e. The molecule has 3 nitrogen and oxygen atoms in total. The van der Waals surface area contributed by atoms with E-state index in [-0.39, 0.29) is 29.6 Å². The fraction of sp³-hybridized carbons (Fsp3) is 0.333. The zero-order valence-electron chi connectivity index (χ0n) is 4.91. The van der Waals surface area contributed by atoms with E-state index in [2.05, 4.69) is 0 Å². The summed E-state index contributed by atoms with van der Waals surface area (Å²) in [4.78, 5) is 0. The van der Waals surface area contributed by atoms with Crippen LogP contribution in [0.25, 0.3) is 0 Å². The van der Waals surface area contributed by atoms with Gasteiger partial charge >= 0.3 is 0 Å². The summed E-state index contributed by atoms with van der Waals surface area (Å²) in [7, 11) is -3.86. The predicted octanol–water partition coefficient (Wildman–Crippen LogP) is 0.246. The third-order valence-electron chi connectivity index (χ3n) is 0.396. The van der Waals surface area contributed by atoms with Crippen LogP contribution in [0.15, 0.2) is 11.6 Å². The van der Waals surface area contributed by atoms with Crippen molar-refractivity contribution in [3.05, 3.63) is 11.6 Å². The van der Waals surface area contributed by atoms with E-state index in [0.717, 1.165) is 11.6 Å². The van der Waals surface area contributed by atoms with Gasteiger partial charge in [0, 0.05) is 35.1 Å². The van der Waals surface area contributed by atoms with Crippen LogP contribution >= 0.6 is 11.6 Å². The van der Waals surface area contributed by atoms with E-state index in [9.17, 15) is 8.42 Å². The second-order valence-electron chi connectivity index (χ2n) is 1.11. The Bertz CT molecular complexity index is 173. The molecule has 0 fully saturated rings. The zero-order valence-corrected chi connectivity index (χ0v) is 8.48. The quantitative estimate of drug-likeness (QED) is 0.488. The molecule has 0 aromatic rings. The van der Waals surface area contributed by atoms with E-state index in [1.54, 1.807) is 0 Å². The van der Waals surface area contributed by atoms with Gasteiger partial charge in [0.2, 0.25) is 0 Å². The van der Waals surface area contributed by atoms with Crippen LogP contribution in [-0.4, -0.2) is 48.3 Å². The van der Waals surface area contributed by atoms with Crippen molar-refractivity contribution in [1.82, 2.24) is 0 Å². The minimum absolute atomic E-state index is 0. The Morgan fingerprint density at radius 3 is 2.11 bits per heavy atom. The predicted molar refractivity (Wildman–Crippen MR) is 37.2 cm³/mol. The maximum Gasteiger partial charge on any atom is 0.268 e. The Labute approximate surface area is 81.1 Å². The average molecular weight is 180 g/mol.